The van der Waals surface area contributed by atoms with Crippen LogP contribution in [0.3, 0.4) is 0 Å². The zero-order valence-corrected chi connectivity index (χ0v) is 13.3. The third-order valence-electron chi connectivity index (χ3n) is 4.61. The molecule has 0 aliphatic carbocycles. The lowest BCUT2D eigenvalue weighted by molar-refractivity contribution is 0.00150. The van der Waals surface area contributed by atoms with Crippen molar-refractivity contribution in [2.24, 2.45) is 0 Å². The molecule has 0 unspecified atom stereocenters. The van der Waals surface area contributed by atoms with Gasteiger partial charge < -0.3 is 10.1 Å². The van der Waals surface area contributed by atoms with Crippen LogP contribution in [0.15, 0.2) is 55.1 Å². The van der Waals surface area contributed by atoms with Gasteiger partial charge in [-0.2, -0.15) is 0 Å². The highest BCUT2D eigenvalue weighted by Gasteiger charge is 2.39. The maximum Gasteiger partial charge on any atom is 0.107 e. The number of hydrogen-bond donors (Lipinski definition) is 1. The third-order valence-corrected chi connectivity index (χ3v) is 4.61. The van der Waals surface area contributed by atoms with Crippen LogP contribution in [-0.4, -0.2) is 19.7 Å². The molecule has 22 heavy (non-hydrogen) atoms. The minimum Gasteiger partial charge on any atom is -0.372 e. The lowest BCUT2D eigenvalue weighted by atomic mass is 9.88. The second kappa shape index (κ2) is 6.07. The number of benzene rings is 2. The summed E-state index contributed by atoms with van der Waals surface area (Å²) in [4.78, 5) is 0. The Hall–Kier alpha value is -1.90. The number of rotatable bonds is 4. The van der Waals surface area contributed by atoms with Crippen molar-refractivity contribution >= 4 is 6.08 Å². The predicted octanol–water partition coefficient (Wildman–Crippen LogP) is 4.22. The standard InChI is InChI=1S/C20H23NO/c1-4-16-7-5-8-17(11-16)18-9-6-10-19(12-18)20(22-3)13-15(2)21-14-20/h4-12,15,21H,1,13-14H2,2-3H3/t15-,20+/m1/s1. The molecule has 2 aromatic carbocycles. The van der Waals surface area contributed by atoms with Gasteiger partial charge in [-0.3, -0.25) is 0 Å². The van der Waals surface area contributed by atoms with Gasteiger partial charge in [-0.15, -0.1) is 0 Å². The van der Waals surface area contributed by atoms with Crippen LogP contribution in [0.5, 0.6) is 0 Å². The summed E-state index contributed by atoms with van der Waals surface area (Å²) in [5, 5.41) is 3.50. The first-order chi connectivity index (χ1) is 10.7. The summed E-state index contributed by atoms with van der Waals surface area (Å²) in [5.41, 5.74) is 4.60. The largest absolute Gasteiger partial charge is 0.372 e. The summed E-state index contributed by atoms with van der Waals surface area (Å²) in [5.74, 6) is 0. The molecule has 0 aromatic heterocycles. The summed E-state index contributed by atoms with van der Waals surface area (Å²) in [6.07, 6.45) is 2.88. The minimum absolute atomic E-state index is 0.217. The van der Waals surface area contributed by atoms with E-state index in [0.717, 1.165) is 18.5 Å². The van der Waals surface area contributed by atoms with Crippen molar-refractivity contribution < 1.29 is 4.74 Å². The summed E-state index contributed by atoms with van der Waals surface area (Å²) in [7, 11) is 1.81. The molecule has 1 N–H and O–H groups in total. The van der Waals surface area contributed by atoms with Gasteiger partial charge in [0.25, 0.3) is 0 Å². The highest BCUT2D eigenvalue weighted by molar-refractivity contribution is 5.68. The molecule has 1 aliphatic rings. The molecule has 0 saturated carbocycles. The van der Waals surface area contributed by atoms with Crippen LogP contribution in [0.2, 0.25) is 0 Å². The smallest absolute Gasteiger partial charge is 0.107 e. The number of hydrogen-bond acceptors (Lipinski definition) is 2. The summed E-state index contributed by atoms with van der Waals surface area (Å²) in [6.45, 7) is 6.92. The topological polar surface area (TPSA) is 21.3 Å². The van der Waals surface area contributed by atoms with E-state index in [1.807, 2.05) is 13.2 Å². The lowest BCUT2D eigenvalue weighted by Crippen LogP contribution is -2.30. The van der Waals surface area contributed by atoms with Crippen molar-refractivity contribution in [3.63, 3.8) is 0 Å². The van der Waals surface area contributed by atoms with Gasteiger partial charge in [0.1, 0.15) is 5.60 Å². The molecule has 2 nitrogen and oxygen atoms in total. The van der Waals surface area contributed by atoms with E-state index >= 15 is 0 Å². The third kappa shape index (κ3) is 2.72. The van der Waals surface area contributed by atoms with E-state index in [9.17, 15) is 0 Å². The molecular weight excluding hydrogens is 270 g/mol. The predicted molar refractivity (Wildman–Crippen MR) is 92.7 cm³/mol. The first kappa shape index (κ1) is 15.0. The zero-order chi connectivity index (χ0) is 15.6. The number of ether oxygens (including phenoxy) is 1. The van der Waals surface area contributed by atoms with Gasteiger partial charge in [0.05, 0.1) is 0 Å². The Morgan fingerprint density at radius 2 is 1.91 bits per heavy atom. The minimum atomic E-state index is -0.217. The highest BCUT2D eigenvalue weighted by atomic mass is 16.5. The van der Waals surface area contributed by atoms with E-state index in [0.29, 0.717) is 6.04 Å². The Morgan fingerprint density at radius 3 is 2.55 bits per heavy atom. The fraction of sp³-hybridized carbons (Fsp3) is 0.300. The van der Waals surface area contributed by atoms with Gasteiger partial charge in [0, 0.05) is 19.7 Å². The molecule has 1 heterocycles. The van der Waals surface area contributed by atoms with Crippen molar-refractivity contribution in [2.45, 2.75) is 25.0 Å². The Bertz CT molecular complexity index is 679. The molecule has 2 aromatic rings. The van der Waals surface area contributed by atoms with Gasteiger partial charge in [-0.25, -0.2) is 0 Å². The molecule has 1 aliphatic heterocycles. The molecule has 2 atom stereocenters. The van der Waals surface area contributed by atoms with Crippen LogP contribution < -0.4 is 5.32 Å². The molecule has 0 bridgehead atoms. The Kier molecular flexibility index (Phi) is 4.14. The quantitative estimate of drug-likeness (QED) is 0.911. The average molecular weight is 293 g/mol. The molecule has 3 rings (SSSR count). The molecule has 1 saturated heterocycles. The number of methoxy groups -OCH3 is 1. The fourth-order valence-electron chi connectivity index (χ4n) is 3.30. The molecule has 0 spiro atoms. The molecule has 2 heteroatoms. The van der Waals surface area contributed by atoms with E-state index < -0.39 is 0 Å². The van der Waals surface area contributed by atoms with Crippen LogP contribution in [0.25, 0.3) is 17.2 Å². The van der Waals surface area contributed by atoms with E-state index in [1.165, 1.54) is 16.7 Å². The van der Waals surface area contributed by atoms with Gasteiger partial charge in [-0.1, -0.05) is 49.1 Å². The normalized spacial score (nSPS) is 24.4. The van der Waals surface area contributed by atoms with E-state index in [4.69, 9.17) is 4.74 Å². The van der Waals surface area contributed by atoms with Gasteiger partial charge >= 0.3 is 0 Å². The second-order valence-electron chi connectivity index (χ2n) is 6.09. The van der Waals surface area contributed by atoms with Crippen molar-refractivity contribution in [1.29, 1.82) is 0 Å². The molecule has 114 valence electrons. The molecule has 0 amide bonds. The summed E-state index contributed by atoms with van der Waals surface area (Å²) >= 11 is 0. The Morgan fingerprint density at radius 1 is 1.18 bits per heavy atom. The Labute approximate surface area is 132 Å². The maximum absolute atomic E-state index is 5.91. The van der Waals surface area contributed by atoms with E-state index in [2.05, 4.69) is 67.4 Å². The number of nitrogens with one attached hydrogen (secondary N) is 1. The average Bonchev–Trinajstić information content (AvgIpc) is 2.97. The van der Waals surface area contributed by atoms with E-state index in [-0.39, 0.29) is 5.60 Å². The van der Waals surface area contributed by atoms with Gasteiger partial charge in [0.2, 0.25) is 0 Å². The molecular formula is C20H23NO. The highest BCUT2D eigenvalue weighted by Crippen LogP contribution is 2.36. The maximum atomic E-state index is 5.91. The molecule has 0 radical (unpaired) electrons. The second-order valence-corrected chi connectivity index (χ2v) is 6.09. The van der Waals surface area contributed by atoms with Crippen LogP contribution >= 0.6 is 0 Å². The van der Waals surface area contributed by atoms with Gasteiger partial charge in [-0.05, 0) is 47.7 Å². The van der Waals surface area contributed by atoms with Crippen LogP contribution in [-0.2, 0) is 10.3 Å². The van der Waals surface area contributed by atoms with Crippen LogP contribution in [0.1, 0.15) is 24.5 Å². The summed E-state index contributed by atoms with van der Waals surface area (Å²) in [6, 6.07) is 17.6. The molecule has 1 fully saturated rings. The van der Waals surface area contributed by atoms with Gasteiger partial charge in [0.15, 0.2) is 0 Å². The SMILES string of the molecule is C=Cc1cccc(-c2cccc([C@@]3(OC)CN[C@H](C)C3)c2)c1. The summed E-state index contributed by atoms with van der Waals surface area (Å²) < 4.78 is 5.91. The van der Waals surface area contributed by atoms with Crippen molar-refractivity contribution in [2.75, 3.05) is 13.7 Å². The van der Waals surface area contributed by atoms with Crippen molar-refractivity contribution in [3.05, 3.63) is 66.2 Å². The van der Waals surface area contributed by atoms with Crippen LogP contribution in [0.4, 0.5) is 0 Å². The first-order valence-corrected chi connectivity index (χ1v) is 7.79. The van der Waals surface area contributed by atoms with Crippen molar-refractivity contribution in [3.8, 4) is 11.1 Å². The van der Waals surface area contributed by atoms with E-state index in [1.54, 1.807) is 0 Å². The monoisotopic (exact) mass is 293 g/mol. The van der Waals surface area contributed by atoms with Crippen LogP contribution in [0, 0.1) is 0 Å². The van der Waals surface area contributed by atoms with Crippen molar-refractivity contribution in [1.82, 2.24) is 5.32 Å². The Balaban J connectivity index is 2.00. The zero-order valence-electron chi connectivity index (χ0n) is 13.3. The lowest BCUT2D eigenvalue weighted by Gasteiger charge is -2.28. The first-order valence-electron chi connectivity index (χ1n) is 7.79. The fourth-order valence-corrected chi connectivity index (χ4v) is 3.30.